The molecule has 0 spiro atoms. The van der Waals surface area contributed by atoms with Gasteiger partial charge in [0.25, 0.3) is 0 Å². The molecule has 0 aliphatic rings. The van der Waals surface area contributed by atoms with Crippen molar-refractivity contribution >= 4 is 5.97 Å². The van der Waals surface area contributed by atoms with Gasteiger partial charge in [-0.15, -0.1) is 0 Å². The van der Waals surface area contributed by atoms with Crippen molar-refractivity contribution in [2.75, 3.05) is 7.11 Å². The van der Waals surface area contributed by atoms with Crippen molar-refractivity contribution < 1.29 is 14.6 Å². The quantitative estimate of drug-likeness (QED) is 0.883. The molecular weight excluding hydrogens is 264 g/mol. The molecule has 0 heterocycles. The van der Waals surface area contributed by atoms with E-state index in [2.05, 4.69) is 0 Å². The topological polar surface area (TPSA) is 46.5 Å². The van der Waals surface area contributed by atoms with Gasteiger partial charge in [-0.25, -0.2) is 0 Å². The Morgan fingerprint density at radius 2 is 1.76 bits per heavy atom. The lowest BCUT2D eigenvalue weighted by Gasteiger charge is -2.13. The summed E-state index contributed by atoms with van der Waals surface area (Å²) in [4.78, 5) is 11.5. The highest BCUT2D eigenvalue weighted by molar-refractivity contribution is 5.71. The average Bonchev–Trinajstić information content (AvgIpc) is 2.47. The molecule has 0 amide bonds. The van der Waals surface area contributed by atoms with Crippen LogP contribution in [-0.2, 0) is 17.6 Å². The molecule has 0 bridgehead atoms. The van der Waals surface area contributed by atoms with Crippen LogP contribution in [0.2, 0.25) is 0 Å². The Hall–Kier alpha value is -2.29. The van der Waals surface area contributed by atoms with Gasteiger partial charge in [0.2, 0.25) is 0 Å². The Morgan fingerprint density at radius 3 is 2.33 bits per heavy atom. The number of carbonyl (C=O) groups is 1. The van der Waals surface area contributed by atoms with Crippen molar-refractivity contribution in [3.63, 3.8) is 0 Å². The first kappa shape index (κ1) is 15.1. The second-order valence-corrected chi connectivity index (χ2v) is 5.28. The molecule has 0 saturated heterocycles. The van der Waals surface area contributed by atoms with Gasteiger partial charge in [-0.2, -0.15) is 0 Å². The van der Waals surface area contributed by atoms with E-state index in [1.54, 1.807) is 7.11 Å². The summed E-state index contributed by atoms with van der Waals surface area (Å²) in [6, 6.07) is 15.6. The van der Waals surface area contributed by atoms with Gasteiger partial charge in [-0.3, -0.25) is 4.79 Å². The predicted octanol–water partition coefficient (Wildman–Crippen LogP) is 3.49. The molecule has 0 fully saturated rings. The van der Waals surface area contributed by atoms with E-state index < -0.39 is 11.9 Å². The third-order valence-corrected chi connectivity index (χ3v) is 3.55. The Morgan fingerprint density at radius 1 is 1.10 bits per heavy atom. The molecule has 0 radical (unpaired) electrons. The van der Waals surface area contributed by atoms with Gasteiger partial charge in [0.1, 0.15) is 5.75 Å². The van der Waals surface area contributed by atoms with Crippen LogP contribution in [0.25, 0.3) is 0 Å². The molecule has 2 aromatic carbocycles. The number of hydrogen-bond donors (Lipinski definition) is 1. The van der Waals surface area contributed by atoms with Crippen LogP contribution in [0.1, 0.15) is 16.7 Å². The summed E-state index contributed by atoms with van der Waals surface area (Å²) in [6.45, 7) is 2.02. The van der Waals surface area contributed by atoms with Crippen molar-refractivity contribution in [2.24, 2.45) is 5.92 Å². The van der Waals surface area contributed by atoms with Crippen LogP contribution in [0.3, 0.4) is 0 Å². The Balaban J connectivity index is 2.10. The lowest BCUT2D eigenvalue weighted by Crippen LogP contribution is -2.19. The van der Waals surface area contributed by atoms with Crippen LogP contribution >= 0.6 is 0 Å². The third-order valence-electron chi connectivity index (χ3n) is 3.55. The number of rotatable bonds is 6. The van der Waals surface area contributed by atoms with Gasteiger partial charge in [0.05, 0.1) is 13.0 Å². The fourth-order valence-electron chi connectivity index (χ4n) is 2.42. The maximum absolute atomic E-state index is 11.5. The van der Waals surface area contributed by atoms with Gasteiger partial charge >= 0.3 is 5.97 Å². The summed E-state index contributed by atoms with van der Waals surface area (Å²) in [6.07, 6.45) is 1.07. The van der Waals surface area contributed by atoms with Crippen LogP contribution in [0.4, 0.5) is 0 Å². The number of aryl methyl sites for hydroxylation is 1. The average molecular weight is 284 g/mol. The Labute approximate surface area is 125 Å². The molecule has 3 nitrogen and oxygen atoms in total. The van der Waals surface area contributed by atoms with Crippen molar-refractivity contribution in [3.8, 4) is 5.75 Å². The zero-order valence-corrected chi connectivity index (χ0v) is 12.4. The van der Waals surface area contributed by atoms with Crippen molar-refractivity contribution in [3.05, 3.63) is 65.2 Å². The lowest BCUT2D eigenvalue weighted by atomic mass is 9.92. The highest BCUT2D eigenvalue weighted by Crippen LogP contribution is 2.18. The van der Waals surface area contributed by atoms with Crippen LogP contribution in [0, 0.1) is 12.8 Å². The number of aliphatic carboxylic acids is 1. The molecule has 2 rings (SSSR count). The maximum atomic E-state index is 11.5. The molecule has 110 valence electrons. The second-order valence-electron chi connectivity index (χ2n) is 5.28. The van der Waals surface area contributed by atoms with Crippen molar-refractivity contribution in [1.82, 2.24) is 0 Å². The van der Waals surface area contributed by atoms with Gasteiger partial charge in [-0.1, -0.05) is 42.0 Å². The van der Waals surface area contributed by atoms with Crippen LogP contribution in [-0.4, -0.2) is 18.2 Å². The van der Waals surface area contributed by atoms with E-state index in [9.17, 15) is 9.90 Å². The van der Waals surface area contributed by atoms with Gasteiger partial charge < -0.3 is 9.84 Å². The van der Waals surface area contributed by atoms with Gasteiger partial charge in [0, 0.05) is 0 Å². The summed E-state index contributed by atoms with van der Waals surface area (Å²) < 4.78 is 5.11. The molecule has 1 unspecified atom stereocenters. The van der Waals surface area contributed by atoms with E-state index in [4.69, 9.17) is 4.74 Å². The number of ether oxygens (including phenoxy) is 1. The van der Waals surface area contributed by atoms with Gasteiger partial charge in [0.15, 0.2) is 0 Å². The fourth-order valence-corrected chi connectivity index (χ4v) is 2.42. The molecule has 1 atom stereocenters. The van der Waals surface area contributed by atoms with Crippen molar-refractivity contribution in [2.45, 2.75) is 19.8 Å². The maximum Gasteiger partial charge on any atom is 0.307 e. The minimum Gasteiger partial charge on any atom is -0.497 e. The van der Waals surface area contributed by atoms with Crippen LogP contribution in [0.5, 0.6) is 5.75 Å². The highest BCUT2D eigenvalue weighted by Gasteiger charge is 2.18. The summed E-state index contributed by atoms with van der Waals surface area (Å²) in [7, 11) is 1.62. The second kappa shape index (κ2) is 6.93. The Bertz CT molecular complexity index is 602. The zero-order chi connectivity index (χ0) is 15.2. The summed E-state index contributed by atoms with van der Waals surface area (Å²) in [5.74, 6) is -0.392. The van der Waals surface area contributed by atoms with Crippen LogP contribution in [0.15, 0.2) is 48.5 Å². The van der Waals surface area contributed by atoms with E-state index >= 15 is 0 Å². The van der Waals surface area contributed by atoms with E-state index in [-0.39, 0.29) is 0 Å². The van der Waals surface area contributed by atoms with Crippen LogP contribution < -0.4 is 4.74 Å². The van der Waals surface area contributed by atoms with E-state index in [0.29, 0.717) is 12.8 Å². The molecule has 0 aliphatic carbocycles. The Kier molecular flexibility index (Phi) is 4.99. The molecule has 0 aromatic heterocycles. The first-order valence-electron chi connectivity index (χ1n) is 7.00. The number of carboxylic acids is 1. The molecular formula is C18H20O3. The van der Waals surface area contributed by atoms with E-state index in [1.165, 1.54) is 0 Å². The zero-order valence-electron chi connectivity index (χ0n) is 12.4. The largest absolute Gasteiger partial charge is 0.497 e. The first-order valence-corrected chi connectivity index (χ1v) is 7.00. The standard InChI is InChI=1S/C18H20O3/c1-13-4-3-5-15(10-13)12-16(18(19)20)11-14-6-8-17(21-2)9-7-14/h3-10,16H,11-12H2,1-2H3,(H,19,20). The number of carboxylic acid groups (broad SMARTS) is 1. The SMILES string of the molecule is COc1ccc(CC(Cc2cccc(C)c2)C(=O)O)cc1. The molecule has 0 saturated carbocycles. The highest BCUT2D eigenvalue weighted by atomic mass is 16.5. The minimum atomic E-state index is -0.757. The molecule has 0 aliphatic heterocycles. The molecule has 3 heteroatoms. The molecule has 21 heavy (non-hydrogen) atoms. The minimum absolute atomic E-state index is 0.416. The van der Waals surface area contributed by atoms with Gasteiger partial charge in [-0.05, 0) is 43.0 Å². The van der Waals surface area contributed by atoms with Crippen molar-refractivity contribution in [1.29, 1.82) is 0 Å². The van der Waals surface area contributed by atoms with E-state index in [1.807, 2.05) is 55.5 Å². The smallest absolute Gasteiger partial charge is 0.307 e. The molecule has 1 N–H and O–H groups in total. The summed E-state index contributed by atoms with van der Waals surface area (Å²) >= 11 is 0. The molecule has 2 aromatic rings. The number of hydrogen-bond acceptors (Lipinski definition) is 2. The monoisotopic (exact) mass is 284 g/mol. The predicted molar refractivity (Wildman–Crippen MR) is 82.7 cm³/mol. The number of benzene rings is 2. The lowest BCUT2D eigenvalue weighted by molar-refractivity contribution is -0.141. The van der Waals surface area contributed by atoms with E-state index in [0.717, 1.165) is 22.4 Å². The fraction of sp³-hybridized carbons (Fsp3) is 0.278. The summed E-state index contributed by atoms with van der Waals surface area (Å²) in [5, 5.41) is 9.44. The normalized spacial score (nSPS) is 11.9. The summed E-state index contributed by atoms with van der Waals surface area (Å²) in [5.41, 5.74) is 3.23. The number of methoxy groups -OCH3 is 1. The first-order chi connectivity index (χ1) is 10.1. The third kappa shape index (κ3) is 4.35.